The minimum atomic E-state index is 0.762. The van der Waals surface area contributed by atoms with Gasteiger partial charge in [-0.05, 0) is 37.7 Å². The largest absolute Gasteiger partial charge is 0.382 e. The number of ether oxygens (including phenoxy) is 1. The number of hydrogen-bond acceptors (Lipinski definition) is 7. The van der Waals surface area contributed by atoms with Crippen LogP contribution in [0.5, 0.6) is 0 Å². The monoisotopic (exact) mass is 393 g/mol. The summed E-state index contributed by atoms with van der Waals surface area (Å²) in [5.74, 6) is 0. The molecule has 1 saturated heterocycles. The van der Waals surface area contributed by atoms with Crippen molar-refractivity contribution in [1.29, 1.82) is 0 Å². The van der Waals surface area contributed by atoms with Crippen molar-refractivity contribution in [3.8, 4) is 0 Å². The lowest BCUT2D eigenvalue weighted by Gasteiger charge is -2.35. The highest BCUT2D eigenvalue weighted by molar-refractivity contribution is 7.73. The Balaban J connectivity index is 1.45. The maximum atomic E-state index is 5.48. The fourth-order valence-electron chi connectivity index (χ4n) is 2.96. The summed E-state index contributed by atoms with van der Waals surface area (Å²) < 4.78 is 8.10. The first-order valence-corrected chi connectivity index (χ1v) is 10.4. The smallest absolute Gasteiger partial charge is 0.204 e. The fourth-order valence-corrected chi connectivity index (χ4v) is 3.98. The first-order valence-electron chi connectivity index (χ1n) is 9.18. The van der Waals surface area contributed by atoms with E-state index in [-0.39, 0.29) is 0 Å². The summed E-state index contributed by atoms with van der Waals surface area (Å²) in [6.07, 6.45) is 0.974. The highest BCUT2D eigenvalue weighted by Gasteiger charge is 2.18. The highest BCUT2D eigenvalue weighted by atomic mass is 32.1. The first kappa shape index (κ1) is 19.3. The summed E-state index contributed by atoms with van der Waals surface area (Å²) in [6.45, 7) is 9.29. The molecule has 0 aliphatic carbocycles. The summed E-state index contributed by atoms with van der Waals surface area (Å²) in [4.78, 5) is 4.84. The third kappa shape index (κ3) is 5.51. The van der Waals surface area contributed by atoms with Crippen LogP contribution in [0.25, 0.3) is 0 Å². The average Bonchev–Trinajstić information content (AvgIpc) is 3.02. The van der Waals surface area contributed by atoms with Crippen LogP contribution < -0.4 is 10.2 Å². The van der Waals surface area contributed by atoms with E-state index < -0.39 is 0 Å². The highest BCUT2D eigenvalue weighted by Crippen LogP contribution is 2.18. The molecule has 1 aromatic heterocycles. The van der Waals surface area contributed by atoms with Crippen LogP contribution in [-0.2, 0) is 11.4 Å². The summed E-state index contributed by atoms with van der Waals surface area (Å²) in [7, 11) is 0. The Morgan fingerprint density at radius 2 is 1.96 bits per heavy atom. The molecule has 1 aliphatic heterocycles. The molecule has 0 atom stereocenters. The normalized spacial score (nSPS) is 15.3. The minimum absolute atomic E-state index is 0.762. The van der Waals surface area contributed by atoms with E-state index in [9.17, 15) is 0 Å². The Bertz CT molecular complexity index is 710. The number of piperazine rings is 1. The van der Waals surface area contributed by atoms with Crippen molar-refractivity contribution in [3.63, 3.8) is 0 Å². The summed E-state index contributed by atoms with van der Waals surface area (Å²) >= 11 is 7.02. The predicted octanol–water partition coefficient (Wildman–Crippen LogP) is 3.29. The van der Waals surface area contributed by atoms with Gasteiger partial charge in [0.1, 0.15) is 0 Å². The van der Waals surface area contributed by atoms with E-state index in [1.54, 1.807) is 11.3 Å². The van der Waals surface area contributed by atoms with Crippen LogP contribution >= 0.6 is 23.6 Å². The third-order valence-electron chi connectivity index (χ3n) is 4.38. The lowest BCUT2D eigenvalue weighted by Crippen LogP contribution is -2.46. The minimum Gasteiger partial charge on any atom is -0.382 e. The lowest BCUT2D eigenvalue weighted by molar-refractivity contribution is 0.147. The molecule has 26 heavy (non-hydrogen) atoms. The van der Waals surface area contributed by atoms with Crippen molar-refractivity contribution in [1.82, 2.24) is 14.7 Å². The van der Waals surface area contributed by atoms with Gasteiger partial charge in [0.15, 0.2) is 3.95 Å². The van der Waals surface area contributed by atoms with Gasteiger partial charge in [-0.25, -0.2) is 4.68 Å². The van der Waals surface area contributed by atoms with E-state index in [1.807, 2.05) is 11.6 Å². The van der Waals surface area contributed by atoms with Crippen LogP contribution in [0.2, 0.25) is 0 Å². The number of benzene rings is 1. The van der Waals surface area contributed by atoms with Crippen molar-refractivity contribution in [2.75, 3.05) is 56.2 Å². The lowest BCUT2D eigenvalue weighted by atomic mass is 10.2. The molecule has 0 bridgehead atoms. The standard InChI is InChI=1S/C18H27N5OS2/c1-2-24-14-6-9-19-17-20-23(18(25)26-17)15-21-10-12-22(13-11-21)16-7-4-3-5-8-16/h3-5,7-8H,2,6,9-15H2,1H3,(H,19,20). The van der Waals surface area contributed by atoms with Crippen molar-refractivity contribution in [2.24, 2.45) is 0 Å². The zero-order chi connectivity index (χ0) is 18.2. The van der Waals surface area contributed by atoms with E-state index in [2.05, 4.69) is 50.5 Å². The molecule has 1 aromatic carbocycles. The van der Waals surface area contributed by atoms with Crippen LogP contribution in [0.15, 0.2) is 30.3 Å². The molecule has 0 radical (unpaired) electrons. The number of aromatic nitrogens is 2. The van der Waals surface area contributed by atoms with Crippen molar-refractivity contribution >= 4 is 34.4 Å². The maximum absolute atomic E-state index is 5.48. The summed E-state index contributed by atoms with van der Waals surface area (Å²) in [5, 5.41) is 8.86. The molecule has 8 heteroatoms. The Hall–Kier alpha value is -1.48. The maximum Gasteiger partial charge on any atom is 0.204 e. The Morgan fingerprint density at radius 1 is 1.19 bits per heavy atom. The SMILES string of the molecule is CCOCCCNc1nn(CN2CCN(c3ccccc3)CC2)c(=S)s1. The number of para-hydroxylation sites is 1. The summed E-state index contributed by atoms with van der Waals surface area (Å²) in [5.41, 5.74) is 1.30. The zero-order valence-electron chi connectivity index (χ0n) is 15.3. The zero-order valence-corrected chi connectivity index (χ0v) is 16.9. The quantitative estimate of drug-likeness (QED) is 0.521. The second-order valence-corrected chi connectivity index (χ2v) is 7.85. The third-order valence-corrected chi connectivity index (χ3v) is 5.65. The topological polar surface area (TPSA) is 45.6 Å². The van der Waals surface area contributed by atoms with Crippen molar-refractivity contribution in [2.45, 2.75) is 20.0 Å². The van der Waals surface area contributed by atoms with Gasteiger partial charge in [-0.2, -0.15) is 0 Å². The molecule has 3 rings (SSSR count). The molecular formula is C18H27N5OS2. The molecular weight excluding hydrogens is 366 g/mol. The number of hydrogen-bond donors (Lipinski definition) is 1. The van der Waals surface area contributed by atoms with Gasteiger partial charge in [0, 0.05) is 51.6 Å². The average molecular weight is 394 g/mol. The van der Waals surface area contributed by atoms with Crippen LogP contribution in [0.1, 0.15) is 13.3 Å². The predicted molar refractivity (Wildman–Crippen MR) is 111 cm³/mol. The van der Waals surface area contributed by atoms with Gasteiger partial charge in [0.2, 0.25) is 5.13 Å². The summed E-state index contributed by atoms with van der Waals surface area (Å²) in [6, 6.07) is 10.6. The molecule has 1 fully saturated rings. The molecule has 0 spiro atoms. The molecule has 2 aromatic rings. The molecule has 1 aliphatic rings. The van der Waals surface area contributed by atoms with Crippen molar-refractivity contribution < 1.29 is 4.74 Å². The molecule has 2 heterocycles. The molecule has 0 unspecified atom stereocenters. The van der Waals surface area contributed by atoms with E-state index in [0.717, 1.165) is 68.1 Å². The Morgan fingerprint density at radius 3 is 2.69 bits per heavy atom. The van der Waals surface area contributed by atoms with E-state index in [1.165, 1.54) is 5.69 Å². The molecule has 1 N–H and O–H groups in total. The number of nitrogens with zero attached hydrogens (tertiary/aromatic N) is 4. The van der Waals surface area contributed by atoms with E-state index in [4.69, 9.17) is 17.0 Å². The van der Waals surface area contributed by atoms with E-state index in [0.29, 0.717) is 0 Å². The second-order valence-electron chi connectivity index (χ2n) is 6.23. The van der Waals surface area contributed by atoms with Gasteiger partial charge in [0.05, 0.1) is 6.67 Å². The van der Waals surface area contributed by atoms with E-state index >= 15 is 0 Å². The van der Waals surface area contributed by atoms with Crippen LogP contribution in [0.3, 0.4) is 0 Å². The van der Waals surface area contributed by atoms with Crippen LogP contribution in [0, 0.1) is 3.95 Å². The van der Waals surface area contributed by atoms with Gasteiger partial charge < -0.3 is 15.0 Å². The molecule has 6 nitrogen and oxygen atoms in total. The number of anilines is 2. The molecule has 142 valence electrons. The van der Waals surface area contributed by atoms with Gasteiger partial charge in [-0.15, -0.1) is 5.10 Å². The Kier molecular flexibility index (Phi) is 7.43. The molecule has 0 amide bonds. The number of rotatable bonds is 9. The van der Waals surface area contributed by atoms with Gasteiger partial charge in [0.25, 0.3) is 0 Å². The fraction of sp³-hybridized carbons (Fsp3) is 0.556. The van der Waals surface area contributed by atoms with Gasteiger partial charge in [-0.1, -0.05) is 29.5 Å². The van der Waals surface area contributed by atoms with Crippen molar-refractivity contribution in [3.05, 3.63) is 34.3 Å². The number of nitrogens with one attached hydrogen (secondary N) is 1. The van der Waals surface area contributed by atoms with Crippen LogP contribution in [-0.4, -0.2) is 60.6 Å². The molecule has 0 saturated carbocycles. The van der Waals surface area contributed by atoms with Crippen LogP contribution in [0.4, 0.5) is 10.8 Å². The first-order chi connectivity index (χ1) is 12.8. The second kappa shape index (κ2) is 10.0. The Labute approximate surface area is 164 Å². The van der Waals surface area contributed by atoms with Gasteiger partial charge in [-0.3, -0.25) is 4.90 Å². The van der Waals surface area contributed by atoms with Gasteiger partial charge >= 0.3 is 0 Å².